The molecular weight excluding hydrogens is 340 g/mol. The maximum absolute atomic E-state index is 5.44. The Hall–Kier alpha value is -3.32. The number of rotatable bonds is 6. The smallest absolute Gasteiger partial charge is 0.243 e. The second-order valence-electron chi connectivity index (χ2n) is 6.37. The molecule has 4 aromatic rings. The SMILES string of the molecule is C[C@H](N[C@H](C)c1cccc(-n2ccnc2)c1)c1nc(-c2cccnc2)no1. The number of hydrogen-bond acceptors (Lipinski definition) is 6. The van der Waals surface area contributed by atoms with Crippen molar-refractivity contribution in [3.8, 4) is 17.1 Å². The Morgan fingerprint density at radius 2 is 1.96 bits per heavy atom. The van der Waals surface area contributed by atoms with E-state index in [1.165, 1.54) is 5.56 Å². The molecule has 7 heteroatoms. The second-order valence-corrected chi connectivity index (χ2v) is 6.37. The van der Waals surface area contributed by atoms with Crippen LogP contribution in [0.1, 0.15) is 37.4 Å². The van der Waals surface area contributed by atoms with Crippen LogP contribution >= 0.6 is 0 Å². The van der Waals surface area contributed by atoms with E-state index in [1.807, 2.05) is 35.9 Å². The van der Waals surface area contributed by atoms with Gasteiger partial charge in [0.2, 0.25) is 11.7 Å². The lowest BCUT2D eigenvalue weighted by Gasteiger charge is -2.18. The Morgan fingerprint density at radius 3 is 2.74 bits per heavy atom. The molecule has 0 aliphatic rings. The Balaban J connectivity index is 1.48. The summed E-state index contributed by atoms with van der Waals surface area (Å²) in [5.41, 5.74) is 3.07. The first kappa shape index (κ1) is 17.1. The lowest BCUT2D eigenvalue weighted by Crippen LogP contribution is -2.22. The quantitative estimate of drug-likeness (QED) is 0.564. The van der Waals surface area contributed by atoms with Crippen LogP contribution in [0.4, 0.5) is 0 Å². The molecule has 27 heavy (non-hydrogen) atoms. The molecule has 0 aliphatic carbocycles. The minimum atomic E-state index is -0.0881. The summed E-state index contributed by atoms with van der Waals surface area (Å²) in [6, 6.07) is 12.1. The monoisotopic (exact) mass is 360 g/mol. The van der Waals surface area contributed by atoms with Crippen molar-refractivity contribution in [3.05, 3.63) is 79.0 Å². The van der Waals surface area contributed by atoms with Crippen LogP contribution in [-0.2, 0) is 0 Å². The van der Waals surface area contributed by atoms with Gasteiger partial charge in [-0.1, -0.05) is 17.3 Å². The standard InChI is InChI=1S/C20H20N6O/c1-14(16-5-3-7-18(11-16)26-10-9-22-13-26)23-15(2)20-24-19(25-27-20)17-6-4-8-21-12-17/h3-15,23H,1-2H3/t14-,15+/m1/s1. The molecule has 0 saturated carbocycles. The van der Waals surface area contributed by atoms with E-state index in [0.29, 0.717) is 11.7 Å². The van der Waals surface area contributed by atoms with Crippen molar-refractivity contribution in [2.24, 2.45) is 0 Å². The van der Waals surface area contributed by atoms with Crippen LogP contribution in [0.2, 0.25) is 0 Å². The summed E-state index contributed by atoms with van der Waals surface area (Å²) in [6.45, 7) is 4.12. The molecule has 0 bridgehead atoms. The van der Waals surface area contributed by atoms with Crippen LogP contribution in [0.15, 0.2) is 72.0 Å². The van der Waals surface area contributed by atoms with Gasteiger partial charge in [0.1, 0.15) is 0 Å². The first-order valence-corrected chi connectivity index (χ1v) is 8.79. The number of benzene rings is 1. The van der Waals surface area contributed by atoms with Crippen molar-refractivity contribution in [1.82, 2.24) is 30.0 Å². The summed E-state index contributed by atoms with van der Waals surface area (Å²) in [6.07, 6.45) is 8.92. The summed E-state index contributed by atoms with van der Waals surface area (Å²) < 4.78 is 7.42. The Labute approximate surface area is 157 Å². The summed E-state index contributed by atoms with van der Waals surface area (Å²) in [7, 11) is 0. The normalized spacial score (nSPS) is 13.4. The van der Waals surface area contributed by atoms with Crippen LogP contribution in [0.3, 0.4) is 0 Å². The number of nitrogens with one attached hydrogen (secondary N) is 1. The third-order valence-corrected chi connectivity index (χ3v) is 4.40. The van der Waals surface area contributed by atoms with Crippen LogP contribution in [0, 0.1) is 0 Å². The van der Waals surface area contributed by atoms with Gasteiger partial charge in [0.25, 0.3) is 0 Å². The minimum Gasteiger partial charge on any atom is -0.337 e. The third kappa shape index (κ3) is 3.78. The van der Waals surface area contributed by atoms with Crippen molar-refractivity contribution >= 4 is 0 Å². The van der Waals surface area contributed by atoms with Gasteiger partial charge < -0.3 is 9.09 Å². The van der Waals surface area contributed by atoms with E-state index >= 15 is 0 Å². The molecule has 3 heterocycles. The fraction of sp³-hybridized carbons (Fsp3) is 0.200. The fourth-order valence-electron chi connectivity index (χ4n) is 2.93. The largest absolute Gasteiger partial charge is 0.337 e. The van der Waals surface area contributed by atoms with E-state index in [2.05, 4.69) is 50.5 Å². The summed E-state index contributed by atoms with van der Waals surface area (Å²) in [5, 5.41) is 7.57. The van der Waals surface area contributed by atoms with Gasteiger partial charge in [-0.3, -0.25) is 10.3 Å². The van der Waals surface area contributed by atoms with Crippen molar-refractivity contribution in [3.63, 3.8) is 0 Å². The highest BCUT2D eigenvalue weighted by Crippen LogP contribution is 2.22. The minimum absolute atomic E-state index is 0.0881. The zero-order valence-electron chi connectivity index (χ0n) is 15.1. The fourth-order valence-corrected chi connectivity index (χ4v) is 2.93. The number of aromatic nitrogens is 5. The van der Waals surface area contributed by atoms with Crippen molar-refractivity contribution < 1.29 is 4.52 Å². The first-order valence-electron chi connectivity index (χ1n) is 8.79. The molecule has 0 spiro atoms. The van der Waals surface area contributed by atoms with E-state index in [0.717, 1.165) is 11.3 Å². The van der Waals surface area contributed by atoms with E-state index in [9.17, 15) is 0 Å². The lowest BCUT2D eigenvalue weighted by molar-refractivity contribution is 0.328. The van der Waals surface area contributed by atoms with E-state index in [4.69, 9.17) is 4.52 Å². The molecule has 0 saturated heterocycles. The summed E-state index contributed by atoms with van der Waals surface area (Å²) in [4.78, 5) is 12.7. The Kier molecular flexibility index (Phi) is 4.76. The average Bonchev–Trinajstić information content (AvgIpc) is 3.41. The molecular formula is C20H20N6O. The number of nitrogens with zero attached hydrogens (tertiary/aromatic N) is 5. The third-order valence-electron chi connectivity index (χ3n) is 4.40. The molecule has 2 atom stereocenters. The Bertz CT molecular complexity index is 996. The average molecular weight is 360 g/mol. The molecule has 136 valence electrons. The molecule has 3 aromatic heterocycles. The molecule has 1 aromatic carbocycles. The van der Waals surface area contributed by atoms with Crippen molar-refractivity contribution in [2.45, 2.75) is 25.9 Å². The molecule has 0 unspecified atom stereocenters. The highest BCUT2D eigenvalue weighted by Gasteiger charge is 2.18. The van der Waals surface area contributed by atoms with Gasteiger partial charge >= 0.3 is 0 Å². The molecule has 0 fully saturated rings. The predicted molar refractivity (Wildman–Crippen MR) is 101 cm³/mol. The molecule has 0 amide bonds. The molecule has 0 radical (unpaired) electrons. The van der Waals surface area contributed by atoms with E-state index in [1.54, 1.807) is 24.9 Å². The van der Waals surface area contributed by atoms with Gasteiger partial charge in [-0.2, -0.15) is 4.98 Å². The maximum atomic E-state index is 5.44. The highest BCUT2D eigenvalue weighted by atomic mass is 16.5. The lowest BCUT2D eigenvalue weighted by atomic mass is 10.1. The maximum Gasteiger partial charge on any atom is 0.243 e. The van der Waals surface area contributed by atoms with Crippen LogP contribution in [0.5, 0.6) is 0 Å². The summed E-state index contributed by atoms with van der Waals surface area (Å²) >= 11 is 0. The Morgan fingerprint density at radius 1 is 1.04 bits per heavy atom. The van der Waals surface area contributed by atoms with Gasteiger partial charge in [0.05, 0.1) is 12.4 Å². The van der Waals surface area contributed by atoms with Gasteiger partial charge in [-0.25, -0.2) is 4.98 Å². The first-order chi connectivity index (χ1) is 13.2. The molecule has 4 rings (SSSR count). The van der Waals surface area contributed by atoms with E-state index < -0.39 is 0 Å². The number of imidazole rings is 1. The van der Waals surface area contributed by atoms with Gasteiger partial charge in [-0.05, 0) is 43.7 Å². The molecule has 1 N–H and O–H groups in total. The number of pyridine rings is 1. The van der Waals surface area contributed by atoms with Gasteiger partial charge in [0.15, 0.2) is 0 Å². The zero-order valence-corrected chi connectivity index (χ0v) is 15.1. The van der Waals surface area contributed by atoms with Crippen LogP contribution in [-0.4, -0.2) is 24.7 Å². The van der Waals surface area contributed by atoms with Crippen molar-refractivity contribution in [1.29, 1.82) is 0 Å². The van der Waals surface area contributed by atoms with Gasteiger partial charge in [-0.15, -0.1) is 0 Å². The van der Waals surface area contributed by atoms with E-state index in [-0.39, 0.29) is 12.1 Å². The predicted octanol–water partition coefficient (Wildman–Crippen LogP) is 3.73. The zero-order chi connectivity index (χ0) is 18.6. The van der Waals surface area contributed by atoms with Crippen LogP contribution in [0.25, 0.3) is 17.1 Å². The van der Waals surface area contributed by atoms with Gasteiger partial charge in [0, 0.05) is 42.1 Å². The second kappa shape index (κ2) is 7.51. The number of hydrogen-bond donors (Lipinski definition) is 1. The van der Waals surface area contributed by atoms with Crippen LogP contribution < -0.4 is 5.32 Å². The topological polar surface area (TPSA) is 81.7 Å². The molecule has 7 nitrogen and oxygen atoms in total. The summed E-state index contributed by atoms with van der Waals surface area (Å²) in [5.74, 6) is 1.09. The van der Waals surface area contributed by atoms with Crippen molar-refractivity contribution in [2.75, 3.05) is 0 Å². The highest BCUT2D eigenvalue weighted by molar-refractivity contribution is 5.51. The molecule has 0 aliphatic heterocycles.